The standard InChI is InChI=1S/C14H10FN3/c15-18(12-7-2-1-3-8-12)14-16-10-11-6-4-5-9-13(11)17-14/h1-10H. The van der Waals surface area contributed by atoms with Crippen LogP contribution in [0.15, 0.2) is 60.8 Å². The second-order valence-electron chi connectivity index (χ2n) is 3.85. The molecule has 1 heterocycles. The smallest absolute Gasteiger partial charge is 0.218 e. The van der Waals surface area contributed by atoms with Gasteiger partial charge in [-0.15, -0.1) is 5.12 Å². The number of benzene rings is 2. The number of hydrogen-bond acceptors (Lipinski definition) is 3. The molecule has 0 saturated heterocycles. The fourth-order valence-electron chi connectivity index (χ4n) is 1.73. The summed E-state index contributed by atoms with van der Waals surface area (Å²) < 4.78 is 14.1. The first-order valence-electron chi connectivity index (χ1n) is 5.57. The predicted octanol–water partition coefficient (Wildman–Crippen LogP) is 3.65. The first kappa shape index (κ1) is 10.7. The van der Waals surface area contributed by atoms with Gasteiger partial charge >= 0.3 is 0 Å². The SMILES string of the molecule is FN(c1ccccc1)c1ncc2ccccc2n1. The van der Waals surface area contributed by atoms with Gasteiger partial charge in [-0.2, -0.15) is 0 Å². The van der Waals surface area contributed by atoms with E-state index in [0.29, 0.717) is 10.8 Å². The third-order valence-corrected chi connectivity index (χ3v) is 2.63. The van der Waals surface area contributed by atoms with Crippen molar-refractivity contribution in [1.82, 2.24) is 9.97 Å². The van der Waals surface area contributed by atoms with Crippen LogP contribution in [-0.4, -0.2) is 9.97 Å². The average Bonchev–Trinajstić information content (AvgIpc) is 2.47. The highest BCUT2D eigenvalue weighted by Crippen LogP contribution is 2.23. The summed E-state index contributed by atoms with van der Waals surface area (Å²) >= 11 is 0. The Hall–Kier alpha value is -2.49. The van der Waals surface area contributed by atoms with E-state index in [0.717, 1.165) is 10.9 Å². The fourth-order valence-corrected chi connectivity index (χ4v) is 1.73. The molecule has 0 bridgehead atoms. The molecule has 3 rings (SSSR count). The van der Waals surface area contributed by atoms with Crippen molar-refractivity contribution in [2.24, 2.45) is 0 Å². The topological polar surface area (TPSA) is 29.0 Å². The third-order valence-electron chi connectivity index (χ3n) is 2.63. The molecule has 18 heavy (non-hydrogen) atoms. The third kappa shape index (κ3) is 1.88. The van der Waals surface area contributed by atoms with Crippen LogP contribution in [0.3, 0.4) is 0 Å². The summed E-state index contributed by atoms with van der Waals surface area (Å²) in [4.78, 5) is 8.21. The average molecular weight is 239 g/mol. The van der Waals surface area contributed by atoms with E-state index >= 15 is 0 Å². The number of halogens is 1. The van der Waals surface area contributed by atoms with E-state index < -0.39 is 0 Å². The number of nitrogens with zero attached hydrogens (tertiary/aromatic N) is 3. The van der Waals surface area contributed by atoms with Crippen LogP contribution < -0.4 is 5.12 Å². The van der Waals surface area contributed by atoms with Crippen LogP contribution in [-0.2, 0) is 0 Å². The van der Waals surface area contributed by atoms with E-state index in [-0.39, 0.29) is 5.95 Å². The van der Waals surface area contributed by atoms with Gasteiger partial charge in [0.1, 0.15) is 0 Å². The summed E-state index contributed by atoms with van der Waals surface area (Å²) in [5.41, 5.74) is 1.13. The van der Waals surface area contributed by atoms with Crippen molar-refractivity contribution in [2.75, 3.05) is 5.12 Å². The van der Waals surface area contributed by atoms with Gasteiger partial charge in [0.05, 0.1) is 11.2 Å². The van der Waals surface area contributed by atoms with Crippen LogP contribution in [0.2, 0.25) is 0 Å². The van der Waals surface area contributed by atoms with Gasteiger partial charge < -0.3 is 0 Å². The Morgan fingerprint density at radius 3 is 2.44 bits per heavy atom. The Balaban J connectivity index is 2.04. The Kier molecular flexibility index (Phi) is 2.61. The molecular weight excluding hydrogens is 229 g/mol. The largest absolute Gasteiger partial charge is 0.259 e. The summed E-state index contributed by atoms with van der Waals surface area (Å²) in [5, 5.41) is 1.37. The van der Waals surface area contributed by atoms with E-state index in [2.05, 4.69) is 9.97 Å². The molecular formula is C14H10FN3. The minimum Gasteiger partial charge on any atom is -0.218 e. The molecule has 0 unspecified atom stereocenters. The number of fused-ring (bicyclic) bond motifs is 1. The van der Waals surface area contributed by atoms with Crippen LogP contribution in [0.1, 0.15) is 0 Å². The second kappa shape index (κ2) is 4.41. The maximum absolute atomic E-state index is 14.1. The van der Waals surface area contributed by atoms with E-state index in [1.165, 1.54) is 0 Å². The summed E-state index contributed by atoms with van der Waals surface area (Å²) in [6, 6.07) is 16.2. The number of anilines is 2. The molecule has 0 aliphatic rings. The van der Waals surface area contributed by atoms with Gasteiger partial charge in [0, 0.05) is 11.6 Å². The van der Waals surface area contributed by atoms with Crippen molar-refractivity contribution in [1.29, 1.82) is 0 Å². The maximum Gasteiger partial charge on any atom is 0.259 e. The number of para-hydroxylation sites is 2. The minimum atomic E-state index is 0.0416. The lowest BCUT2D eigenvalue weighted by atomic mass is 10.2. The number of aromatic nitrogens is 2. The lowest BCUT2D eigenvalue weighted by Crippen LogP contribution is -2.07. The van der Waals surface area contributed by atoms with Gasteiger partial charge in [-0.05, 0) is 18.2 Å². The summed E-state index contributed by atoms with van der Waals surface area (Å²) in [7, 11) is 0. The summed E-state index contributed by atoms with van der Waals surface area (Å²) in [6.45, 7) is 0. The van der Waals surface area contributed by atoms with Gasteiger partial charge in [0.15, 0.2) is 0 Å². The maximum atomic E-state index is 14.1. The molecule has 0 amide bonds. The Morgan fingerprint density at radius 1 is 0.889 bits per heavy atom. The van der Waals surface area contributed by atoms with Crippen molar-refractivity contribution in [3.05, 3.63) is 60.8 Å². The highest BCUT2D eigenvalue weighted by atomic mass is 19.2. The van der Waals surface area contributed by atoms with Crippen molar-refractivity contribution in [3.63, 3.8) is 0 Å². The molecule has 4 heteroatoms. The molecule has 0 aliphatic carbocycles. The van der Waals surface area contributed by atoms with Gasteiger partial charge in [-0.3, -0.25) is 0 Å². The molecule has 0 aliphatic heterocycles. The van der Waals surface area contributed by atoms with Crippen LogP contribution in [0.4, 0.5) is 16.1 Å². The van der Waals surface area contributed by atoms with E-state index in [4.69, 9.17) is 0 Å². The van der Waals surface area contributed by atoms with Crippen molar-refractivity contribution in [2.45, 2.75) is 0 Å². The Morgan fingerprint density at radius 2 is 1.61 bits per heavy atom. The van der Waals surface area contributed by atoms with Gasteiger partial charge in [0.25, 0.3) is 5.95 Å². The molecule has 0 N–H and O–H groups in total. The molecule has 0 fully saturated rings. The van der Waals surface area contributed by atoms with Gasteiger partial charge in [-0.25, -0.2) is 9.97 Å². The van der Waals surface area contributed by atoms with Crippen molar-refractivity contribution in [3.8, 4) is 0 Å². The number of hydrogen-bond donors (Lipinski definition) is 0. The van der Waals surface area contributed by atoms with Gasteiger partial charge in [-0.1, -0.05) is 40.9 Å². The fraction of sp³-hybridized carbons (Fsp3) is 0. The molecule has 88 valence electrons. The lowest BCUT2D eigenvalue weighted by Gasteiger charge is -2.11. The van der Waals surface area contributed by atoms with Crippen molar-refractivity contribution >= 4 is 22.5 Å². The normalized spacial score (nSPS) is 10.5. The zero-order valence-corrected chi connectivity index (χ0v) is 9.49. The van der Waals surface area contributed by atoms with E-state index in [1.54, 1.807) is 30.5 Å². The molecule has 0 saturated carbocycles. The zero-order chi connectivity index (χ0) is 12.4. The molecule has 0 spiro atoms. The molecule has 3 nitrogen and oxygen atoms in total. The second-order valence-corrected chi connectivity index (χ2v) is 3.85. The summed E-state index contributed by atoms with van der Waals surface area (Å²) in [6.07, 6.45) is 1.62. The monoisotopic (exact) mass is 239 g/mol. The quantitative estimate of drug-likeness (QED) is 0.639. The highest BCUT2D eigenvalue weighted by Gasteiger charge is 2.11. The Bertz CT molecular complexity index is 670. The lowest BCUT2D eigenvalue weighted by molar-refractivity contribution is 0.493. The molecule has 2 aromatic carbocycles. The van der Waals surface area contributed by atoms with E-state index in [9.17, 15) is 4.48 Å². The molecule has 0 radical (unpaired) electrons. The van der Waals surface area contributed by atoms with Gasteiger partial charge in [0.2, 0.25) is 0 Å². The Labute approximate surface area is 103 Å². The van der Waals surface area contributed by atoms with Crippen molar-refractivity contribution < 1.29 is 4.48 Å². The van der Waals surface area contributed by atoms with Crippen LogP contribution in [0, 0.1) is 0 Å². The number of rotatable bonds is 2. The first-order valence-corrected chi connectivity index (χ1v) is 5.57. The minimum absolute atomic E-state index is 0.0416. The zero-order valence-electron chi connectivity index (χ0n) is 9.49. The van der Waals surface area contributed by atoms with E-state index in [1.807, 2.05) is 30.3 Å². The highest BCUT2D eigenvalue weighted by molar-refractivity contribution is 5.78. The molecule has 3 aromatic rings. The van der Waals surface area contributed by atoms with Crippen LogP contribution in [0.25, 0.3) is 10.9 Å². The molecule has 1 aromatic heterocycles. The summed E-state index contributed by atoms with van der Waals surface area (Å²) in [5.74, 6) is 0.0416. The predicted molar refractivity (Wildman–Crippen MR) is 69.2 cm³/mol. The van der Waals surface area contributed by atoms with Crippen LogP contribution >= 0.6 is 0 Å². The molecule has 0 atom stereocenters. The van der Waals surface area contributed by atoms with Crippen LogP contribution in [0.5, 0.6) is 0 Å². The first-order chi connectivity index (χ1) is 8.84.